The molecule has 1 atom stereocenters. The van der Waals surface area contributed by atoms with Crippen LogP contribution in [-0.2, 0) is 0 Å². The Balaban J connectivity index is 2.25. The summed E-state index contributed by atoms with van der Waals surface area (Å²) in [5.74, 6) is 1.95. The van der Waals surface area contributed by atoms with Gasteiger partial charge < -0.3 is 10.7 Å². The lowest BCUT2D eigenvalue weighted by Gasteiger charge is -2.14. The highest BCUT2D eigenvalue weighted by Gasteiger charge is 2.15. The van der Waals surface area contributed by atoms with Crippen LogP contribution >= 0.6 is 0 Å². The first-order chi connectivity index (χ1) is 9.51. The van der Waals surface area contributed by atoms with Gasteiger partial charge in [0.15, 0.2) is 0 Å². The van der Waals surface area contributed by atoms with Crippen molar-refractivity contribution in [3.8, 4) is 11.3 Å². The third-order valence-corrected chi connectivity index (χ3v) is 3.84. The van der Waals surface area contributed by atoms with Gasteiger partial charge in [0.2, 0.25) is 0 Å². The molecule has 1 unspecified atom stereocenters. The monoisotopic (exact) mass is 271 g/mol. The van der Waals surface area contributed by atoms with E-state index in [4.69, 9.17) is 5.73 Å². The second-order valence-electron chi connectivity index (χ2n) is 6.04. The predicted molar refractivity (Wildman–Crippen MR) is 84.7 cm³/mol. The molecule has 2 rings (SSSR count). The van der Waals surface area contributed by atoms with Gasteiger partial charge in [-0.25, -0.2) is 4.98 Å². The molecule has 3 heteroatoms. The van der Waals surface area contributed by atoms with E-state index < -0.39 is 0 Å². The molecule has 1 aromatic heterocycles. The van der Waals surface area contributed by atoms with E-state index in [-0.39, 0.29) is 0 Å². The van der Waals surface area contributed by atoms with Crippen molar-refractivity contribution in [3.63, 3.8) is 0 Å². The Hall–Kier alpha value is -1.61. The molecule has 1 aromatic carbocycles. The number of H-pyrrole nitrogens is 1. The molecule has 0 bridgehead atoms. The Morgan fingerprint density at radius 1 is 1.20 bits per heavy atom. The zero-order valence-corrected chi connectivity index (χ0v) is 12.9. The van der Waals surface area contributed by atoms with Crippen LogP contribution in [0, 0.1) is 19.8 Å². The highest BCUT2D eigenvalue weighted by molar-refractivity contribution is 5.60. The summed E-state index contributed by atoms with van der Waals surface area (Å²) in [6.45, 7) is 9.34. The number of aryl methyl sites for hydroxylation is 2. The minimum Gasteiger partial charge on any atom is -0.342 e. The number of nitrogens with zero attached hydrogens (tertiary/aromatic N) is 1. The molecule has 0 radical (unpaired) electrons. The van der Waals surface area contributed by atoms with E-state index in [0.717, 1.165) is 17.9 Å². The zero-order chi connectivity index (χ0) is 14.7. The lowest BCUT2D eigenvalue weighted by atomic mass is 9.97. The van der Waals surface area contributed by atoms with Crippen LogP contribution in [0.4, 0.5) is 0 Å². The Morgan fingerprint density at radius 2 is 1.95 bits per heavy atom. The fourth-order valence-corrected chi connectivity index (χ4v) is 2.49. The molecule has 0 saturated carbocycles. The van der Waals surface area contributed by atoms with Gasteiger partial charge in [0.1, 0.15) is 5.82 Å². The molecule has 2 aromatic rings. The second kappa shape index (κ2) is 6.23. The predicted octanol–water partition coefficient (Wildman–Crippen LogP) is 3.78. The first-order valence-corrected chi connectivity index (χ1v) is 7.33. The summed E-state index contributed by atoms with van der Waals surface area (Å²) >= 11 is 0. The minimum atomic E-state index is 0.315. The average Bonchev–Trinajstić information content (AvgIpc) is 2.88. The Morgan fingerprint density at radius 3 is 2.55 bits per heavy atom. The highest BCUT2D eigenvalue weighted by Crippen LogP contribution is 2.25. The van der Waals surface area contributed by atoms with Crippen molar-refractivity contribution in [2.75, 3.05) is 6.54 Å². The Kier molecular flexibility index (Phi) is 4.61. The number of hydrogen-bond donors (Lipinski definition) is 2. The third-order valence-electron chi connectivity index (χ3n) is 3.84. The fourth-order valence-electron chi connectivity index (χ4n) is 2.49. The second-order valence-corrected chi connectivity index (χ2v) is 6.04. The zero-order valence-electron chi connectivity index (χ0n) is 12.9. The summed E-state index contributed by atoms with van der Waals surface area (Å²) in [6.07, 6.45) is 2.98. The molecular formula is C17H25N3. The van der Waals surface area contributed by atoms with Crippen LogP contribution < -0.4 is 5.73 Å². The molecule has 0 amide bonds. The van der Waals surface area contributed by atoms with Crippen molar-refractivity contribution < 1.29 is 0 Å². The first-order valence-electron chi connectivity index (χ1n) is 7.33. The van der Waals surface area contributed by atoms with Crippen molar-refractivity contribution in [1.82, 2.24) is 9.97 Å². The number of nitrogens with one attached hydrogen (secondary N) is 1. The van der Waals surface area contributed by atoms with Gasteiger partial charge in [-0.3, -0.25) is 0 Å². The maximum atomic E-state index is 5.89. The largest absolute Gasteiger partial charge is 0.342 e. The fraction of sp³-hybridized carbons (Fsp3) is 0.471. The van der Waals surface area contributed by atoms with E-state index in [0.29, 0.717) is 18.4 Å². The molecular weight excluding hydrogens is 246 g/mol. The van der Waals surface area contributed by atoms with Gasteiger partial charge in [-0.15, -0.1) is 0 Å². The van der Waals surface area contributed by atoms with Crippen molar-refractivity contribution in [1.29, 1.82) is 0 Å². The van der Waals surface area contributed by atoms with E-state index in [1.165, 1.54) is 16.7 Å². The molecule has 0 aliphatic rings. The van der Waals surface area contributed by atoms with E-state index in [1.54, 1.807) is 0 Å². The van der Waals surface area contributed by atoms with Crippen LogP contribution in [0.3, 0.4) is 0 Å². The van der Waals surface area contributed by atoms with Gasteiger partial charge in [0.25, 0.3) is 0 Å². The quantitative estimate of drug-likeness (QED) is 0.869. The molecule has 0 aliphatic heterocycles. The lowest BCUT2D eigenvalue weighted by Crippen LogP contribution is -2.15. The first kappa shape index (κ1) is 14.8. The van der Waals surface area contributed by atoms with Crippen molar-refractivity contribution >= 4 is 0 Å². The van der Waals surface area contributed by atoms with Gasteiger partial charge in [0.05, 0.1) is 11.9 Å². The van der Waals surface area contributed by atoms with Crippen molar-refractivity contribution in [2.45, 2.75) is 40.0 Å². The summed E-state index contributed by atoms with van der Waals surface area (Å²) < 4.78 is 0. The van der Waals surface area contributed by atoms with Crippen LogP contribution in [-0.4, -0.2) is 16.5 Å². The Labute approximate surface area is 121 Å². The minimum absolute atomic E-state index is 0.315. The molecule has 0 spiro atoms. The van der Waals surface area contributed by atoms with Gasteiger partial charge in [-0.2, -0.15) is 0 Å². The molecule has 0 fully saturated rings. The summed E-state index contributed by atoms with van der Waals surface area (Å²) in [5.41, 5.74) is 10.8. The van der Waals surface area contributed by atoms with Crippen LogP contribution in [0.25, 0.3) is 11.3 Å². The van der Waals surface area contributed by atoms with Gasteiger partial charge in [0, 0.05) is 12.5 Å². The SMILES string of the molecule is Cc1ccc(-c2cnc(C(CN)CC(C)C)[nH]2)cc1C. The summed E-state index contributed by atoms with van der Waals surface area (Å²) in [5, 5.41) is 0. The van der Waals surface area contributed by atoms with Gasteiger partial charge in [-0.05, 0) is 48.9 Å². The van der Waals surface area contributed by atoms with Crippen LogP contribution in [0.5, 0.6) is 0 Å². The lowest BCUT2D eigenvalue weighted by molar-refractivity contribution is 0.490. The molecule has 3 nitrogen and oxygen atoms in total. The average molecular weight is 271 g/mol. The highest BCUT2D eigenvalue weighted by atomic mass is 14.9. The number of aromatic amines is 1. The summed E-state index contributed by atoms with van der Waals surface area (Å²) in [6, 6.07) is 6.49. The van der Waals surface area contributed by atoms with E-state index in [1.807, 2.05) is 6.20 Å². The van der Waals surface area contributed by atoms with Crippen molar-refractivity contribution in [3.05, 3.63) is 41.3 Å². The molecule has 20 heavy (non-hydrogen) atoms. The normalized spacial score (nSPS) is 12.9. The molecule has 3 N–H and O–H groups in total. The third kappa shape index (κ3) is 3.28. The Bertz CT molecular complexity index is 569. The van der Waals surface area contributed by atoms with Gasteiger partial charge >= 0.3 is 0 Å². The number of hydrogen-bond acceptors (Lipinski definition) is 2. The smallest absolute Gasteiger partial charge is 0.110 e. The molecule has 108 valence electrons. The van der Waals surface area contributed by atoms with E-state index in [9.17, 15) is 0 Å². The summed E-state index contributed by atoms with van der Waals surface area (Å²) in [7, 11) is 0. The van der Waals surface area contributed by atoms with Crippen molar-refractivity contribution in [2.24, 2.45) is 11.7 Å². The number of imidazole rings is 1. The maximum Gasteiger partial charge on any atom is 0.110 e. The standard InChI is InChI=1S/C17H25N3/c1-11(2)7-15(9-18)17-19-10-16(20-17)14-6-5-12(3)13(4)8-14/h5-6,8,10-11,15H,7,9,18H2,1-4H3,(H,19,20). The maximum absolute atomic E-state index is 5.89. The molecule has 0 saturated heterocycles. The van der Waals surface area contributed by atoms with Crippen LogP contribution in [0.15, 0.2) is 24.4 Å². The van der Waals surface area contributed by atoms with Gasteiger partial charge in [-0.1, -0.05) is 26.0 Å². The summed E-state index contributed by atoms with van der Waals surface area (Å²) in [4.78, 5) is 7.97. The number of aromatic nitrogens is 2. The van der Waals surface area contributed by atoms with Crippen LogP contribution in [0.2, 0.25) is 0 Å². The number of nitrogens with two attached hydrogens (primary N) is 1. The number of benzene rings is 1. The molecule has 0 aliphatic carbocycles. The van der Waals surface area contributed by atoms with E-state index >= 15 is 0 Å². The van der Waals surface area contributed by atoms with Crippen LogP contribution in [0.1, 0.15) is 43.1 Å². The van der Waals surface area contributed by atoms with E-state index in [2.05, 4.69) is 55.9 Å². The topological polar surface area (TPSA) is 54.7 Å². The molecule has 1 heterocycles. The number of rotatable bonds is 5.